The van der Waals surface area contributed by atoms with Gasteiger partial charge in [-0.3, -0.25) is 4.79 Å². The fourth-order valence-corrected chi connectivity index (χ4v) is 3.03. The van der Waals surface area contributed by atoms with Crippen molar-refractivity contribution in [3.8, 4) is 5.82 Å². The maximum absolute atomic E-state index is 12.4. The molecule has 1 fully saturated rings. The van der Waals surface area contributed by atoms with E-state index in [0.29, 0.717) is 29.6 Å². The highest BCUT2D eigenvalue weighted by Gasteiger charge is 2.34. The summed E-state index contributed by atoms with van der Waals surface area (Å²) >= 11 is 6.17. The molecule has 0 aliphatic carbocycles. The van der Waals surface area contributed by atoms with Crippen molar-refractivity contribution in [1.82, 2.24) is 24.7 Å². The van der Waals surface area contributed by atoms with Gasteiger partial charge in [0.15, 0.2) is 5.82 Å². The van der Waals surface area contributed by atoms with Crippen molar-refractivity contribution in [1.29, 1.82) is 0 Å². The summed E-state index contributed by atoms with van der Waals surface area (Å²) in [5.41, 5.74) is 1.69. The van der Waals surface area contributed by atoms with E-state index < -0.39 is 0 Å². The number of hydrogen-bond acceptors (Lipinski definition) is 6. The largest absolute Gasteiger partial charge is 0.355 e. The minimum Gasteiger partial charge on any atom is -0.355 e. The topological polar surface area (TPSA) is 88.8 Å². The average Bonchev–Trinajstić information content (AvgIpc) is 3.11. The van der Waals surface area contributed by atoms with Crippen LogP contribution in [0.1, 0.15) is 5.56 Å². The molecule has 26 heavy (non-hydrogen) atoms. The summed E-state index contributed by atoms with van der Waals surface area (Å²) < 4.78 is 1.56. The molecule has 132 valence electrons. The van der Waals surface area contributed by atoms with Crippen molar-refractivity contribution >= 4 is 29.0 Å². The lowest BCUT2D eigenvalue weighted by atomic mass is 9.99. The Morgan fingerprint density at radius 1 is 1.19 bits per heavy atom. The van der Waals surface area contributed by atoms with Gasteiger partial charge in [-0.05, 0) is 24.6 Å². The van der Waals surface area contributed by atoms with Crippen molar-refractivity contribution < 1.29 is 4.79 Å². The number of anilines is 2. The first kappa shape index (κ1) is 16.5. The molecule has 0 spiro atoms. The molecular formula is C17H16ClN7O. The molecule has 1 saturated heterocycles. The van der Waals surface area contributed by atoms with Crippen molar-refractivity contribution in [2.75, 3.05) is 23.3 Å². The SMILES string of the molecule is Cc1ccc(NC(=O)C2CN(c3cc(-n4cncn4)ncn3)C2)c(Cl)c1. The molecule has 1 aliphatic rings. The Balaban J connectivity index is 1.39. The van der Waals surface area contributed by atoms with E-state index in [1.165, 1.54) is 12.7 Å². The fourth-order valence-electron chi connectivity index (χ4n) is 2.75. The summed E-state index contributed by atoms with van der Waals surface area (Å²) in [5.74, 6) is 1.23. The number of halogens is 1. The standard InChI is InChI=1S/C17H16ClN7O/c1-11-2-3-14(13(18)4-11)23-17(26)12-6-24(7-12)15-5-16(21-9-20-15)25-10-19-8-22-25/h2-5,8-10,12H,6-7H2,1H3,(H,23,26). The van der Waals surface area contributed by atoms with Crippen LogP contribution in [0.4, 0.5) is 11.5 Å². The maximum Gasteiger partial charge on any atom is 0.231 e. The summed E-state index contributed by atoms with van der Waals surface area (Å²) in [6.07, 6.45) is 4.50. The zero-order valence-electron chi connectivity index (χ0n) is 14.0. The first-order valence-corrected chi connectivity index (χ1v) is 8.47. The van der Waals surface area contributed by atoms with Gasteiger partial charge in [-0.2, -0.15) is 5.10 Å². The van der Waals surface area contributed by atoms with Gasteiger partial charge in [-0.15, -0.1) is 0 Å². The number of amides is 1. The molecule has 0 unspecified atom stereocenters. The lowest BCUT2D eigenvalue weighted by molar-refractivity contribution is -0.120. The second-order valence-electron chi connectivity index (χ2n) is 6.15. The zero-order valence-corrected chi connectivity index (χ0v) is 14.8. The van der Waals surface area contributed by atoms with E-state index in [1.54, 1.807) is 11.0 Å². The molecule has 4 rings (SSSR count). The van der Waals surface area contributed by atoms with Crippen LogP contribution >= 0.6 is 11.6 Å². The first-order valence-electron chi connectivity index (χ1n) is 8.09. The monoisotopic (exact) mass is 369 g/mol. The van der Waals surface area contributed by atoms with Gasteiger partial charge in [0, 0.05) is 19.2 Å². The number of benzene rings is 1. The second kappa shape index (κ2) is 6.72. The van der Waals surface area contributed by atoms with E-state index in [9.17, 15) is 4.79 Å². The third-order valence-corrected chi connectivity index (χ3v) is 4.56. The van der Waals surface area contributed by atoms with Crippen LogP contribution in [0.15, 0.2) is 43.2 Å². The molecule has 3 heterocycles. The molecule has 0 radical (unpaired) electrons. The third-order valence-electron chi connectivity index (χ3n) is 4.25. The van der Waals surface area contributed by atoms with E-state index in [0.717, 1.165) is 11.4 Å². The first-order chi connectivity index (χ1) is 12.6. The Morgan fingerprint density at radius 3 is 2.73 bits per heavy atom. The number of aromatic nitrogens is 5. The number of carbonyl (C=O) groups excluding carboxylic acids is 1. The van der Waals surface area contributed by atoms with Crippen LogP contribution in [0.2, 0.25) is 5.02 Å². The summed E-state index contributed by atoms with van der Waals surface area (Å²) in [4.78, 5) is 26.8. The minimum atomic E-state index is -0.114. The van der Waals surface area contributed by atoms with E-state index in [4.69, 9.17) is 11.6 Å². The lowest BCUT2D eigenvalue weighted by Gasteiger charge is -2.39. The number of rotatable bonds is 4. The van der Waals surface area contributed by atoms with Gasteiger partial charge >= 0.3 is 0 Å². The van der Waals surface area contributed by atoms with Crippen LogP contribution in [-0.4, -0.2) is 43.7 Å². The van der Waals surface area contributed by atoms with Crippen molar-refractivity contribution in [2.24, 2.45) is 5.92 Å². The van der Waals surface area contributed by atoms with Crippen LogP contribution < -0.4 is 10.2 Å². The summed E-state index contributed by atoms with van der Waals surface area (Å²) in [7, 11) is 0. The summed E-state index contributed by atoms with van der Waals surface area (Å²) in [6, 6.07) is 7.39. The number of carbonyl (C=O) groups is 1. The van der Waals surface area contributed by atoms with Crippen molar-refractivity contribution in [3.63, 3.8) is 0 Å². The van der Waals surface area contributed by atoms with Gasteiger partial charge in [-0.25, -0.2) is 19.6 Å². The molecule has 0 atom stereocenters. The van der Waals surface area contributed by atoms with E-state index >= 15 is 0 Å². The van der Waals surface area contributed by atoms with Crippen LogP contribution in [0, 0.1) is 12.8 Å². The van der Waals surface area contributed by atoms with Gasteiger partial charge in [0.1, 0.15) is 24.8 Å². The van der Waals surface area contributed by atoms with Gasteiger partial charge in [0.05, 0.1) is 16.6 Å². The third kappa shape index (κ3) is 3.23. The Morgan fingerprint density at radius 2 is 2.00 bits per heavy atom. The Labute approximate surface area is 154 Å². The lowest BCUT2D eigenvalue weighted by Crippen LogP contribution is -2.52. The molecule has 1 aromatic carbocycles. The molecule has 8 nitrogen and oxygen atoms in total. The Bertz CT molecular complexity index is 938. The van der Waals surface area contributed by atoms with Crippen LogP contribution in [0.5, 0.6) is 0 Å². The zero-order chi connectivity index (χ0) is 18.1. The average molecular weight is 370 g/mol. The van der Waals surface area contributed by atoms with Gasteiger partial charge < -0.3 is 10.2 Å². The summed E-state index contributed by atoms with van der Waals surface area (Å²) in [5, 5.41) is 7.49. The second-order valence-corrected chi connectivity index (χ2v) is 6.56. The predicted molar refractivity (Wildman–Crippen MR) is 97.5 cm³/mol. The minimum absolute atomic E-state index is 0.0439. The van der Waals surface area contributed by atoms with Crippen molar-refractivity contribution in [3.05, 3.63) is 53.8 Å². The molecule has 0 saturated carbocycles. The molecule has 2 aromatic heterocycles. The molecule has 0 bridgehead atoms. The fraction of sp³-hybridized carbons (Fsp3) is 0.235. The van der Waals surface area contributed by atoms with Gasteiger partial charge in [0.25, 0.3) is 0 Å². The highest BCUT2D eigenvalue weighted by Crippen LogP contribution is 2.27. The van der Waals surface area contributed by atoms with Gasteiger partial charge in [-0.1, -0.05) is 17.7 Å². The Hall–Kier alpha value is -3.00. The molecule has 1 N–H and O–H groups in total. The Kier molecular flexibility index (Phi) is 4.26. The highest BCUT2D eigenvalue weighted by atomic mass is 35.5. The summed E-state index contributed by atoms with van der Waals surface area (Å²) in [6.45, 7) is 3.13. The molecule has 1 aliphatic heterocycles. The highest BCUT2D eigenvalue weighted by molar-refractivity contribution is 6.33. The number of aryl methyl sites for hydroxylation is 1. The van der Waals surface area contributed by atoms with Gasteiger partial charge in [0.2, 0.25) is 5.91 Å². The predicted octanol–water partition coefficient (Wildman–Crippen LogP) is 2.09. The van der Waals surface area contributed by atoms with E-state index in [2.05, 4.69) is 25.4 Å². The van der Waals surface area contributed by atoms with Crippen LogP contribution in [0.25, 0.3) is 5.82 Å². The number of hydrogen-bond donors (Lipinski definition) is 1. The maximum atomic E-state index is 12.4. The molecule has 3 aromatic rings. The van der Waals surface area contributed by atoms with Crippen LogP contribution in [0.3, 0.4) is 0 Å². The van der Waals surface area contributed by atoms with Crippen molar-refractivity contribution in [2.45, 2.75) is 6.92 Å². The van der Waals surface area contributed by atoms with Crippen LogP contribution in [-0.2, 0) is 4.79 Å². The molecule has 1 amide bonds. The van der Waals surface area contributed by atoms with E-state index in [1.807, 2.05) is 36.1 Å². The number of nitrogens with one attached hydrogen (secondary N) is 1. The normalized spacial score (nSPS) is 14.2. The smallest absolute Gasteiger partial charge is 0.231 e. The molecular weight excluding hydrogens is 354 g/mol. The number of nitrogens with zero attached hydrogens (tertiary/aromatic N) is 6. The molecule has 9 heteroatoms. The quantitative estimate of drug-likeness (QED) is 0.757. The van der Waals surface area contributed by atoms with E-state index in [-0.39, 0.29) is 11.8 Å².